The van der Waals surface area contributed by atoms with Gasteiger partial charge in [0.2, 0.25) is 5.82 Å². The number of hydrogen-bond donors (Lipinski definition) is 3. The lowest BCUT2D eigenvalue weighted by Crippen LogP contribution is -2.69. The van der Waals surface area contributed by atoms with Crippen molar-refractivity contribution in [1.29, 1.82) is 0 Å². The number of nitrogens with one attached hydrogen (secondary N) is 1. The van der Waals surface area contributed by atoms with Gasteiger partial charge >= 0.3 is 6.18 Å². The fourth-order valence-corrected chi connectivity index (χ4v) is 5.55. The van der Waals surface area contributed by atoms with Gasteiger partial charge < -0.3 is 20.7 Å². The van der Waals surface area contributed by atoms with Crippen molar-refractivity contribution < 1.29 is 23.1 Å². The minimum atomic E-state index is -4.82. The Morgan fingerprint density at radius 1 is 1.20 bits per heavy atom. The molecule has 15 heteroatoms. The Balaban J connectivity index is 1.10. The molecule has 0 saturated carbocycles. The van der Waals surface area contributed by atoms with Gasteiger partial charge in [-0.05, 0) is 25.0 Å². The fraction of sp³-hybridized carbons (Fsp3) is 0.440. The van der Waals surface area contributed by atoms with Crippen LogP contribution in [0.25, 0.3) is 22.3 Å². The summed E-state index contributed by atoms with van der Waals surface area (Å²) in [6.45, 7) is 1.80. The molecular weight excluding hydrogens is 529 g/mol. The zero-order valence-electron chi connectivity index (χ0n) is 21.3. The SMILES string of the molecule is NCC1(n2cc(-c3ncnc4[nH]ccc34)cn2)CN(C2CCN(C(=O)c3cc(CO)nc(C(F)(F)F)n3)CC2)C1. The van der Waals surface area contributed by atoms with Crippen LogP contribution in [0.5, 0.6) is 0 Å². The summed E-state index contributed by atoms with van der Waals surface area (Å²) in [6, 6.07) is 3.23. The van der Waals surface area contributed by atoms with Gasteiger partial charge in [-0.1, -0.05) is 0 Å². The van der Waals surface area contributed by atoms with Crippen molar-refractivity contribution in [3.05, 3.63) is 54.3 Å². The van der Waals surface area contributed by atoms with Crippen molar-refractivity contribution in [2.45, 2.75) is 37.2 Å². The van der Waals surface area contributed by atoms with E-state index in [2.05, 4.69) is 34.9 Å². The number of likely N-dealkylation sites (tertiary alicyclic amines) is 2. The number of aromatic amines is 1. The molecule has 210 valence electrons. The molecule has 4 N–H and O–H groups in total. The van der Waals surface area contributed by atoms with Crippen LogP contribution in [0.2, 0.25) is 0 Å². The first-order valence-electron chi connectivity index (χ1n) is 12.8. The van der Waals surface area contributed by atoms with E-state index in [1.54, 1.807) is 6.20 Å². The number of fused-ring (bicyclic) bond motifs is 1. The van der Waals surface area contributed by atoms with Crippen LogP contribution in [-0.4, -0.2) is 94.3 Å². The van der Waals surface area contributed by atoms with E-state index in [-0.39, 0.29) is 23.0 Å². The molecule has 0 atom stereocenters. The molecule has 2 saturated heterocycles. The number of carbonyl (C=O) groups excluding carboxylic acids is 1. The number of aliphatic hydroxyl groups excluding tert-OH is 1. The van der Waals surface area contributed by atoms with E-state index in [4.69, 9.17) is 5.73 Å². The first kappa shape index (κ1) is 26.3. The molecule has 2 fully saturated rings. The highest BCUT2D eigenvalue weighted by Crippen LogP contribution is 2.35. The van der Waals surface area contributed by atoms with E-state index in [1.165, 1.54) is 11.2 Å². The van der Waals surface area contributed by atoms with Crippen LogP contribution in [0.15, 0.2) is 37.1 Å². The topological polar surface area (TPSA) is 155 Å². The predicted molar refractivity (Wildman–Crippen MR) is 136 cm³/mol. The summed E-state index contributed by atoms with van der Waals surface area (Å²) < 4.78 is 41.4. The van der Waals surface area contributed by atoms with E-state index in [1.807, 2.05) is 23.1 Å². The van der Waals surface area contributed by atoms with Crippen molar-refractivity contribution >= 4 is 16.9 Å². The number of nitrogens with zero attached hydrogens (tertiary/aromatic N) is 8. The predicted octanol–water partition coefficient (Wildman–Crippen LogP) is 1.40. The Hall–Kier alpha value is -3.95. The summed E-state index contributed by atoms with van der Waals surface area (Å²) in [7, 11) is 0. The van der Waals surface area contributed by atoms with Crippen LogP contribution in [0, 0.1) is 0 Å². The number of aliphatic hydroxyl groups is 1. The normalized spacial score (nSPS) is 18.3. The van der Waals surface area contributed by atoms with Crippen LogP contribution in [0.1, 0.15) is 34.8 Å². The summed E-state index contributed by atoms with van der Waals surface area (Å²) in [4.78, 5) is 35.2. The Kier molecular flexibility index (Phi) is 6.51. The van der Waals surface area contributed by atoms with Crippen LogP contribution in [0.4, 0.5) is 13.2 Å². The van der Waals surface area contributed by atoms with Crippen LogP contribution in [0.3, 0.4) is 0 Å². The molecule has 0 aliphatic carbocycles. The Labute approximate surface area is 226 Å². The number of piperidine rings is 1. The zero-order valence-corrected chi connectivity index (χ0v) is 21.3. The first-order valence-corrected chi connectivity index (χ1v) is 12.8. The highest BCUT2D eigenvalue weighted by molar-refractivity contribution is 5.92. The molecule has 0 bridgehead atoms. The first-order chi connectivity index (χ1) is 19.2. The van der Waals surface area contributed by atoms with E-state index in [9.17, 15) is 23.1 Å². The van der Waals surface area contributed by atoms with Crippen LogP contribution < -0.4 is 5.73 Å². The average Bonchev–Trinajstić information content (AvgIpc) is 3.62. The van der Waals surface area contributed by atoms with Gasteiger partial charge in [0, 0.05) is 62.1 Å². The number of aromatic nitrogens is 7. The lowest BCUT2D eigenvalue weighted by atomic mass is 9.86. The zero-order chi connectivity index (χ0) is 28.1. The van der Waals surface area contributed by atoms with Gasteiger partial charge in [-0.15, -0.1) is 0 Å². The molecule has 6 rings (SSSR count). The van der Waals surface area contributed by atoms with Gasteiger partial charge in [0.15, 0.2) is 0 Å². The van der Waals surface area contributed by atoms with Crippen molar-refractivity contribution in [3.63, 3.8) is 0 Å². The molecule has 0 radical (unpaired) electrons. The lowest BCUT2D eigenvalue weighted by molar-refractivity contribution is -0.145. The number of amides is 1. The number of halogens is 3. The second kappa shape index (κ2) is 9.91. The Morgan fingerprint density at radius 2 is 1.98 bits per heavy atom. The number of H-pyrrole nitrogens is 1. The Morgan fingerprint density at radius 3 is 2.67 bits per heavy atom. The summed E-state index contributed by atoms with van der Waals surface area (Å²) in [5.41, 5.74) is 7.64. The van der Waals surface area contributed by atoms with Crippen molar-refractivity contribution in [2.75, 3.05) is 32.7 Å². The van der Waals surface area contributed by atoms with Crippen molar-refractivity contribution in [2.24, 2.45) is 5.73 Å². The van der Waals surface area contributed by atoms with E-state index < -0.39 is 24.5 Å². The second-order valence-electron chi connectivity index (χ2n) is 10.2. The third-order valence-corrected chi connectivity index (χ3v) is 7.75. The van der Waals surface area contributed by atoms with Crippen LogP contribution >= 0.6 is 0 Å². The second-order valence-corrected chi connectivity index (χ2v) is 10.2. The molecule has 0 aromatic carbocycles. The molecule has 12 nitrogen and oxygen atoms in total. The highest BCUT2D eigenvalue weighted by atomic mass is 19.4. The average molecular weight is 557 g/mol. The molecule has 40 heavy (non-hydrogen) atoms. The van der Waals surface area contributed by atoms with Gasteiger partial charge in [0.1, 0.15) is 23.2 Å². The summed E-state index contributed by atoms with van der Waals surface area (Å²) >= 11 is 0. The smallest absolute Gasteiger partial charge is 0.390 e. The summed E-state index contributed by atoms with van der Waals surface area (Å²) in [6.07, 6.45) is 3.56. The molecular formula is C25H27F3N10O2. The lowest BCUT2D eigenvalue weighted by Gasteiger charge is -2.54. The molecule has 4 aromatic heterocycles. The number of hydrogen-bond acceptors (Lipinski definition) is 9. The number of nitrogens with two attached hydrogens (primary N) is 1. The molecule has 1 amide bonds. The fourth-order valence-electron chi connectivity index (χ4n) is 5.55. The van der Waals surface area contributed by atoms with Gasteiger partial charge in [-0.3, -0.25) is 14.4 Å². The van der Waals surface area contributed by atoms with Gasteiger partial charge in [0.05, 0.1) is 24.2 Å². The van der Waals surface area contributed by atoms with E-state index in [0.717, 1.165) is 28.4 Å². The Bertz CT molecular complexity index is 1540. The highest BCUT2D eigenvalue weighted by Gasteiger charge is 2.47. The molecule has 0 unspecified atom stereocenters. The van der Waals surface area contributed by atoms with E-state index >= 15 is 0 Å². The van der Waals surface area contributed by atoms with Gasteiger partial charge in [0.25, 0.3) is 5.91 Å². The third-order valence-electron chi connectivity index (χ3n) is 7.75. The minimum absolute atomic E-state index is 0.198. The largest absolute Gasteiger partial charge is 0.451 e. The minimum Gasteiger partial charge on any atom is -0.390 e. The standard InChI is InChI=1S/C25H27F3N10O2/c26-25(27,28)23-34-16(10-39)7-19(35-23)22(40)36-5-2-17(3-6-36)37-12-24(11-29,13-37)38-9-15(8-33-38)20-18-1-4-30-21(18)32-14-31-20/h1,4,7-9,14,17,39H,2-3,5-6,10-13,29H2,(H,30,31,32). The van der Waals surface area contributed by atoms with Gasteiger partial charge in [-0.2, -0.15) is 18.3 Å². The monoisotopic (exact) mass is 556 g/mol. The molecule has 2 aliphatic rings. The summed E-state index contributed by atoms with van der Waals surface area (Å²) in [5.74, 6) is -2.04. The van der Waals surface area contributed by atoms with Crippen molar-refractivity contribution in [3.8, 4) is 11.3 Å². The quantitative estimate of drug-likeness (QED) is 0.320. The summed E-state index contributed by atoms with van der Waals surface area (Å²) in [5, 5.41) is 14.8. The third kappa shape index (κ3) is 4.59. The molecule has 2 aliphatic heterocycles. The maximum Gasteiger partial charge on any atom is 0.451 e. The number of rotatable bonds is 6. The van der Waals surface area contributed by atoms with E-state index in [0.29, 0.717) is 45.6 Å². The van der Waals surface area contributed by atoms with Crippen molar-refractivity contribution in [1.82, 2.24) is 44.5 Å². The number of carbonyl (C=O) groups is 1. The number of alkyl halides is 3. The van der Waals surface area contributed by atoms with Gasteiger partial charge in [-0.25, -0.2) is 19.9 Å². The molecule has 4 aromatic rings. The molecule has 0 spiro atoms. The maximum absolute atomic E-state index is 13.2. The maximum atomic E-state index is 13.2. The van der Waals surface area contributed by atoms with Crippen LogP contribution in [-0.2, 0) is 18.3 Å². The molecule has 6 heterocycles.